The van der Waals surface area contributed by atoms with E-state index in [1.165, 1.54) is 14.2 Å². The van der Waals surface area contributed by atoms with E-state index in [1.54, 1.807) is 18.2 Å². The van der Waals surface area contributed by atoms with Crippen molar-refractivity contribution < 1.29 is 9.47 Å². The van der Waals surface area contributed by atoms with Crippen molar-refractivity contribution in [1.29, 1.82) is 5.26 Å². The fraction of sp³-hybridized carbons (Fsp3) is 0.182. The summed E-state index contributed by atoms with van der Waals surface area (Å²) in [5.74, 6) is 0.402. The molecule has 80 valence electrons. The molecule has 1 aromatic carbocycles. The molecule has 5 heteroatoms. The number of ether oxygens (including phenoxy) is 2. The van der Waals surface area contributed by atoms with Crippen LogP contribution >= 0.6 is 0 Å². The molecule has 5 nitrogen and oxygen atoms in total. The Morgan fingerprint density at radius 3 is 2.62 bits per heavy atom. The molecule has 1 heterocycles. The second-order valence-corrected chi connectivity index (χ2v) is 3.06. The van der Waals surface area contributed by atoms with E-state index < -0.39 is 0 Å². The summed E-state index contributed by atoms with van der Waals surface area (Å²) in [6.07, 6.45) is 0. The Bertz CT molecular complexity index is 575. The minimum absolute atomic E-state index is 0.244. The maximum absolute atomic E-state index is 8.81. The van der Waals surface area contributed by atoms with E-state index in [0.717, 1.165) is 0 Å². The normalized spacial score (nSPS) is 9.81. The molecule has 16 heavy (non-hydrogen) atoms. The quantitative estimate of drug-likeness (QED) is 0.759. The second kappa shape index (κ2) is 4.03. The SMILES string of the molecule is COc1nc(OC)c2cc(C#N)ccc2n1. The van der Waals surface area contributed by atoms with Gasteiger partial charge in [0.25, 0.3) is 0 Å². The molecule has 0 N–H and O–H groups in total. The molecule has 0 bridgehead atoms. The van der Waals surface area contributed by atoms with Crippen molar-refractivity contribution in [1.82, 2.24) is 9.97 Å². The fourth-order valence-corrected chi connectivity index (χ4v) is 1.40. The third-order valence-electron chi connectivity index (χ3n) is 2.15. The average molecular weight is 215 g/mol. The standard InChI is InChI=1S/C11H9N3O2/c1-15-10-8-5-7(6-12)3-4-9(8)13-11(14-10)16-2/h3-5H,1-2H3. The largest absolute Gasteiger partial charge is 0.480 e. The first-order valence-corrected chi connectivity index (χ1v) is 4.58. The molecule has 2 rings (SSSR count). The van der Waals surface area contributed by atoms with Crippen molar-refractivity contribution in [2.24, 2.45) is 0 Å². The molecule has 0 spiro atoms. The summed E-state index contributed by atoms with van der Waals surface area (Å²) in [7, 11) is 3.00. The van der Waals surface area contributed by atoms with Gasteiger partial charge in [0.15, 0.2) is 0 Å². The predicted molar refractivity (Wildman–Crippen MR) is 57.4 cm³/mol. The number of hydrogen-bond acceptors (Lipinski definition) is 5. The summed E-state index contributed by atoms with van der Waals surface area (Å²) in [4.78, 5) is 8.20. The zero-order chi connectivity index (χ0) is 11.5. The molecule has 0 aliphatic heterocycles. The van der Waals surface area contributed by atoms with Crippen molar-refractivity contribution in [2.45, 2.75) is 0 Å². The zero-order valence-electron chi connectivity index (χ0n) is 8.89. The number of aromatic nitrogens is 2. The fourth-order valence-electron chi connectivity index (χ4n) is 1.40. The minimum Gasteiger partial charge on any atom is -0.480 e. The van der Waals surface area contributed by atoms with Crippen molar-refractivity contribution in [3.05, 3.63) is 23.8 Å². The molecule has 0 aliphatic carbocycles. The van der Waals surface area contributed by atoms with Crippen molar-refractivity contribution in [3.8, 4) is 18.0 Å². The highest BCUT2D eigenvalue weighted by Gasteiger charge is 2.08. The maximum Gasteiger partial charge on any atom is 0.320 e. The van der Waals surface area contributed by atoms with Gasteiger partial charge in [-0.05, 0) is 18.2 Å². The molecule has 1 aromatic heterocycles. The van der Waals surface area contributed by atoms with Crippen LogP contribution in [0.3, 0.4) is 0 Å². The second-order valence-electron chi connectivity index (χ2n) is 3.06. The van der Waals surface area contributed by atoms with Crippen molar-refractivity contribution in [3.63, 3.8) is 0 Å². The smallest absolute Gasteiger partial charge is 0.320 e. The van der Waals surface area contributed by atoms with Gasteiger partial charge in [-0.15, -0.1) is 0 Å². The highest BCUT2D eigenvalue weighted by molar-refractivity contribution is 5.85. The summed E-state index contributed by atoms with van der Waals surface area (Å²) < 4.78 is 10.1. The van der Waals surface area contributed by atoms with Crippen LogP contribution in [0.5, 0.6) is 11.9 Å². The van der Waals surface area contributed by atoms with Crippen LogP contribution in [-0.2, 0) is 0 Å². The molecule has 2 aromatic rings. The Morgan fingerprint density at radius 2 is 2.00 bits per heavy atom. The van der Waals surface area contributed by atoms with Crippen LogP contribution in [0, 0.1) is 11.3 Å². The highest BCUT2D eigenvalue weighted by atomic mass is 16.5. The number of nitriles is 1. The number of hydrogen-bond donors (Lipinski definition) is 0. The monoisotopic (exact) mass is 215 g/mol. The topological polar surface area (TPSA) is 68.0 Å². The van der Waals surface area contributed by atoms with Gasteiger partial charge in [-0.2, -0.15) is 15.2 Å². The summed E-state index contributed by atoms with van der Waals surface area (Å²) in [5, 5.41) is 9.50. The van der Waals surface area contributed by atoms with Gasteiger partial charge in [0, 0.05) is 0 Å². The molecule has 0 unspecified atom stereocenters. The van der Waals surface area contributed by atoms with Crippen LogP contribution < -0.4 is 9.47 Å². The van der Waals surface area contributed by atoms with Gasteiger partial charge >= 0.3 is 6.01 Å². The highest BCUT2D eigenvalue weighted by Crippen LogP contribution is 2.25. The van der Waals surface area contributed by atoms with Gasteiger partial charge in [-0.3, -0.25) is 0 Å². The van der Waals surface area contributed by atoms with Crippen molar-refractivity contribution >= 4 is 10.9 Å². The van der Waals surface area contributed by atoms with E-state index >= 15 is 0 Å². The van der Waals surface area contributed by atoms with Gasteiger partial charge in [-0.25, -0.2) is 0 Å². The summed E-state index contributed by atoms with van der Waals surface area (Å²) in [5.41, 5.74) is 1.22. The third-order valence-corrected chi connectivity index (χ3v) is 2.15. The van der Waals surface area contributed by atoms with E-state index in [0.29, 0.717) is 22.3 Å². The molecular weight excluding hydrogens is 206 g/mol. The van der Waals surface area contributed by atoms with E-state index in [4.69, 9.17) is 14.7 Å². The molecule has 0 saturated heterocycles. The van der Waals surface area contributed by atoms with Crippen LogP contribution in [0.25, 0.3) is 10.9 Å². The van der Waals surface area contributed by atoms with E-state index in [-0.39, 0.29) is 6.01 Å². The lowest BCUT2D eigenvalue weighted by Crippen LogP contribution is -1.97. The van der Waals surface area contributed by atoms with Gasteiger partial charge in [0.05, 0.1) is 36.8 Å². The lowest BCUT2D eigenvalue weighted by atomic mass is 10.1. The predicted octanol–water partition coefficient (Wildman–Crippen LogP) is 1.52. The van der Waals surface area contributed by atoms with Crippen LogP contribution in [0.2, 0.25) is 0 Å². The number of methoxy groups -OCH3 is 2. The van der Waals surface area contributed by atoms with Crippen LogP contribution in [0.4, 0.5) is 0 Å². The van der Waals surface area contributed by atoms with E-state index in [1.807, 2.05) is 0 Å². The maximum atomic E-state index is 8.81. The Morgan fingerprint density at radius 1 is 1.19 bits per heavy atom. The number of rotatable bonds is 2. The Kier molecular flexibility index (Phi) is 2.56. The zero-order valence-corrected chi connectivity index (χ0v) is 8.89. The van der Waals surface area contributed by atoms with Gasteiger partial charge in [-0.1, -0.05) is 0 Å². The lowest BCUT2D eigenvalue weighted by molar-refractivity contribution is 0.357. The summed E-state index contributed by atoms with van der Waals surface area (Å²) in [6, 6.07) is 7.41. The number of fused-ring (bicyclic) bond motifs is 1. The van der Waals surface area contributed by atoms with Gasteiger partial charge < -0.3 is 9.47 Å². The summed E-state index contributed by atoms with van der Waals surface area (Å²) >= 11 is 0. The summed E-state index contributed by atoms with van der Waals surface area (Å²) in [6.45, 7) is 0. The van der Waals surface area contributed by atoms with E-state index in [2.05, 4.69) is 16.0 Å². The molecular formula is C11H9N3O2. The molecule has 0 atom stereocenters. The molecule has 0 radical (unpaired) electrons. The first-order chi connectivity index (χ1) is 7.78. The average Bonchev–Trinajstić information content (AvgIpc) is 2.36. The van der Waals surface area contributed by atoms with Gasteiger partial charge in [0.2, 0.25) is 5.88 Å². The number of benzene rings is 1. The molecule has 0 aliphatic rings. The third kappa shape index (κ3) is 1.61. The van der Waals surface area contributed by atoms with Crippen molar-refractivity contribution in [2.75, 3.05) is 14.2 Å². The van der Waals surface area contributed by atoms with Crippen LogP contribution in [0.1, 0.15) is 5.56 Å². The first kappa shape index (κ1) is 10.2. The van der Waals surface area contributed by atoms with Gasteiger partial charge in [0.1, 0.15) is 0 Å². The first-order valence-electron chi connectivity index (χ1n) is 4.58. The van der Waals surface area contributed by atoms with E-state index in [9.17, 15) is 0 Å². The van der Waals surface area contributed by atoms with Crippen LogP contribution in [-0.4, -0.2) is 24.2 Å². The minimum atomic E-state index is 0.244. The van der Waals surface area contributed by atoms with Crippen LogP contribution in [0.15, 0.2) is 18.2 Å². The molecule has 0 saturated carbocycles. The Labute approximate surface area is 92.3 Å². The molecule has 0 amide bonds. The Hall–Kier alpha value is -2.35. The lowest BCUT2D eigenvalue weighted by Gasteiger charge is -2.06. The molecule has 0 fully saturated rings. The Balaban J connectivity index is 2.75. The number of nitrogens with zero attached hydrogens (tertiary/aromatic N) is 3.